The van der Waals surface area contributed by atoms with Gasteiger partial charge in [-0.1, -0.05) is 106 Å². The van der Waals surface area contributed by atoms with Crippen molar-refractivity contribution in [2.24, 2.45) is 17.8 Å². The average molecular weight is 1850 g/mol. The van der Waals surface area contributed by atoms with Crippen molar-refractivity contribution >= 4 is 117 Å². The number of aromatic nitrogens is 3. The van der Waals surface area contributed by atoms with Crippen molar-refractivity contribution in [1.29, 1.82) is 0 Å². The molecule has 5 aromatic rings. The molecule has 0 saturated heterocycles. The van der Waals surface area contributed by atoms with Crippen LogP contribution in [0.5, 0.6) is 0 Å². The summed E-state index contributed by atoms with van der Waals surface area (Å²) in [5.74, 6) is -0.524. The van der Waals surface area contributed by atoms with Gasteiger partial charge in [0.15, 0.2) is 23.0 Å². The van der Waals surface area contributed by atoms with Crippen LogP contribution in [-0.2, 0) is 98.6 Å². The molecular weight excluding hydrogens is 1710 g/mol. The number of fused-ring (bicyclic) bond motifs is 5. The second-order valence-corrected chi connectivity index (χ2v) is 36.4. The fourth-order valence-corrected chi connectivity index (χ4v) is 18.0. The van der Waals surface area contributed by atoms with Crippen molar-refractivity contribution in [2.75, 3.05) is 42.1 Å². The molecular formula is C98H132F2FeN11O16S+. The van der Waals surface area contributed by atoms with E-state index in [1.54, 1.807) is 43.4 Å². The number of amides is 3. The molecule has 6 heterocycles. The van der Waals surface area contributed by atoms with Crippen molar-refractivity contribution in [2.45, 2.75) is 283 Å². The van der Waals surface area contributed by atoms with E-state index < -0.39 is 45.0 Å². The number of aldehydes is 6. The van der Waals surface area contributed by atoms with E-state index >= 15 is 8.78 Å². The minimum absolute atomic E-state index is 0. The van der Waals surface area contributed by atoms with Gasteiger partial charge in [-0.3, -0.25) is 29.3 Å². The Morgan fingerprint density at radius 1 is 0.713 bits per heavy atom. The molecule has 2 aromatic heterocycles. The van der Waals surface area contributed by atoms with Gasteiger partial charge < -0.3 is 72.3 Å². The third kappa shape index (κ3) is 32.1. The number of carbonyl (C=O) groups excluding carboxylic acids is 10. The number of unbranched alkanes of at least 4 members (excludes halogenated alkanes) is 4. The van der Waals surface area contributed by atoms with E-state index in [2.05, 4.69) is 168 Å². The first-order chi connectivity index (χ1) is 61.2. The second-order valence-electron chi connectivity index (χ2n) is 34.9. The monoisotopic (exact) mass is 1840 g/mol. The van der Waals surface area contributed by atoms with Crippen molar-refractivity contribution in [3.8, 4) is 0 Å². The van der Waals surface area contributed by atoms with Gasteiger partial charge in [0, 0.05) is 173 Å². The summed E-state index contributed by atoms with van der Waals surface area (Å²) < 4.78 is 73.8. The van der Waals surface area contributed by atoms with E-state index in [1.807, 2.05) is 6.92 Å². The topological polar surface area (TPSA) is 372 Å². The zero-order valence-electron chi connectivity index (χ0n) is 76.2. The Morgan fingerprint density at radius 2 is 1.34 bits per heavy atom. The van der Waals surface area contributed by atoms with Crippen LogP contribution in [0.25, 0.3) is 11.0 Å². The van der Waals surface area contributed by atoms with Gasteiger partial charge >= 0.3 is 28.9 Å². The zero-order valence-corrected chi connectivity index (χ0v) is 78.1. The number of non-ortho nitro benzene ring substituents is 1. The molecule has 4 unspecified atom stereocenters. The van der Waals surface area contributed by atoms with Gasteiger partial charge in [0.2, 0.25) is 28.9 Å². The maximum atomic E-state index is 15.3. The maximum Gasteiger partial charge on any atom is 2.00 e. The standard InChI is InChI=1S/C39H51N3O6S.C21H25F2N3O2.C19H24N4O5.C14H22NO3.C5H9.Fe/c1-28-15-17-33-31(26-28)38(3,4)35(41(33)21-9-7-8-14-37(45)40-30(19-23-43)20-24-44)12-10-13-36-39(5,6)32-27-29(2)16-18-34(32)42(36)22-11-25-49(46,47)48;1-4-5-16(10-11-27)24-20(28)9-8-17-6-7-18-13-19-14(2)12-15(3)25(19)21(22,23)26(17)18;1-2-6-14(10-12-24)13-15(25)7-4-3-5-11-20-16-8-9-17(23(26)27)19-18(16)21-28-22-19;16-10-7-13(8-11-17)14(18)15-9-3-6-12-4-1-2-5-12;1-2-4-5-3-1;/h10,12-13,15-18,23-24,26-27,30H,7-9,11,14,19-22,25H2,1-6H3,(H-,40,45,46,47,48);4,6-7,11-12,16,18H,1,5,8-10,13H2,2-3H3;2,8-9,12,14,20H,1,3-7,10-11,13H2;4,10-13H,1-3,5-9H2,(H,15,18);1H,2-5H2;/q;;;2*-1;+2/p+1. The molecule has 702 valence electrons. The van der Waals surface area contributed by atoms with E-state index in [1.165, 1.54) is 79.1 Å². The number of allylic oxidation sites excluding steroid dienone is 6. The van der Waals surface area contributed by atoms with Crippen LogP contribution in [0.3, 0.4) is 0 Å². The minimum atomic E-state index is -4.31. The SMILES string of the molecule is C=CCC(CC=O)CC(=O)CCCCCNc1ccc([N+](=O)[O-])c2nonc12.C=CCC(CC=O)NC(=O)CCC1=[N+]2C(C=C1)Cc1c(C)cc(C)n1C2(F)F.Cc1ccc2c(c1)C(C)(C)C(=CC=CC1=[N+](CCCS(=O)(=O)[O-])c3ccc(C)cc3C1(C)C)N2CCCCCC(=O)NC(CC=O)CC=O.O=CCC(CC=O)C(=O)NCCCC1[CH-]CCC1.[CH-]1CCCC1.[Fe+2]. The molecule has 2 aliphatic carbocycles. The van der Waals surface area contributed by atoms with Crippen LogP contribution in [0, 0.1) is 68.4 Å². The molecule has 4 N–H and O–H groups in total. The number of nitro benzene ring substituents is 1. The van der Waals surface area contributed by atoms with Crippen LogP contribution < -0.4 is 26.2 Å². The molecule has 0 radical (unpaired) electrons. The normalized spacial score (nSPS) is 17.1. The number of carbonyl (C=O) groups is 10. The zero-order chi connectivity index (χ0) is 93.6. The number of benzene rings is 3. The molecule has 6 aliphatic rings. The Bertz CT molecular complexity index is 4890. The van der Waals surface area contributed by atoms with Crippen LogP contribution in [0.4, 0.5) is 31.5 Å². The summed E-state index contributed by atoms with van der Waals surface area (Å²) in [4.78, 5) is 125. The first kappa shape index (κ1) is 108. The summed E-state index contributed by atoms with van der Waals surface area (Å²) in [6, 6.07) is 16.5. The first-order valence-corrected chi connectivity index (χ1v) is 46.7. The number of anilines is 2. The summed E-state index contributed by atoms with van der Waals surface area (Å²) in [6.07, 6.45) is 40.3. The fraction of sp³-hybridized carbons (Fsp3) is 0.531. The molecule has 27 nitrogen and oxygen atoms in total. The third-order valence-corrected chi connectivity index (χ3v) is 25.0. The van der Waals surface area contributed by atoms with Gasteiger partial charge in [0.25, 0.3) is 0 Å². The molecule has 4 aliphatic heterocycles. The van der Waals surface area contributed by atoms with Gasteiger partial charge in [-0.25, -0.2) is 17.6 Å². The second kappa shape index (κ2) is 53.8. The molecule has 3 aromatic carbocycles. The minimum Gasteiger partial charge on any atom is -0.748 e. The average Bonchev–Trinajstić information content (AvgIpc) is 1.58. The quantitative estimate of drug-likeness (QED) is 0.00268. The van der Waals surface area contributed by atoms with Gasteiger partial charge in [-0.15, -0.1) is 26.5 Å². The fourth-order valence-electron chi connectivity index (χ4n) is 17.5. The summed E-state index contributed by atoms with van der Waals surface area (Å²) in [7, 11) is -4.31. The smallest absolute Gasteiger partial charge is 0.748 e. The number of alkyl halides is 2. The van der Waals surface area contributed by atoms with E-state index in [-0.39, 0.29) is 126 Å². The summed E-state index contributed by atoms with van der Waals surface area (Å²) in [6.45, 7) is 26.3. The molecule has 2 saturated carbocycles. The maximum absolute atomic E-state index is 15.3. The number of hydrogen-bond donors (Lipinski definition) is 4. The predicted octanol–water partition coefficient (Wildman–Crippen LogP) is 16.4. The number of nitro groups is 1. The van der Waals surface area contributed by atoms with Crippen LogP contribution in [0.1, 0.15) is 253 Å². The predicted molar refractivity (Wildman–Crippen MR) is 492 cm³/mol. The summed E-state index contributed by atoms with van der Waals surface area (Å²) in [5, 5.41) is 29.8. The van der Waals surface area contributed by atoms with Gasteiger partial charge in [-0.2, -0.15) is 29.8 Å². The van der Waals surface area contributed by atoms with Crippen LogP contribution in [-0.4, -0.2) is 165 Å². The van der Waals surface area contributed by atoms with E-state index in [9.17, 15) is 71.0 Å². The molecule has 4 atom stereocenters. The van der Waals surface area contributed by atoms with Crippen LogP contribution >= 0.6 is 0 Å². The Morgan fingerprint density at radius 3 is 1.96 bits per heavy atom. The van der Waals surface area contributed by atoms with Gasteiger partial charge in [0.05, 0.1) is 38.5 Å². The summed E-state index contributed by atoms with van der Waals surface area (Å²) >= 11 is 0. The summed E-state index contributed by atoms with van der Waals surface area (Å²) in [5.41, 5.74) is 12.1. The first-order valence-electron chi connectivity index (χ1n) is 45.1. The molecule has 0 bridgehead atoms. The number of nitrogens with zero attached hydrogens (tertiary/aromatic N) is 7. The Kier molecular flexibility index (Phi) is 44.8. The van der Waals surface area contributed by atoms with Gasteiger partial charge in [0.1, 0.15) is 50.0 Å². The number of Topliss-reactive ketones (excluding diaryl/α,β-unsaturated/α-hetero) is 1. The number of ketones is 1. The van der Waals surface area contributed by atoms with Crippen molar-refractivity contribution < 1.29 is 105 Å². The molecule has 3 amide bonds. The van der Waals surface area contributed by atoms with Crippen molar-refractivity contribution in [3.63, 3.8) is 0 Å². The Labute approximate surface area is 769 Å². The molecule has 2 fully saturated rings. The Hall–Kier alpha value is -10.2. The number of aryl methyl sites for hydroxylation is 4. The van der Waals surface area contributed by atoms with Crippen molar-refractivity contribution in [1.82, 2.24) is 30.8 Å². The van der Waals surface area contributed by atoms with Crippen LogP contribution in [0.2, 0.25) is 0 Å². The number of nitrogens with one attached hydrogen (secondary N) is 4. The molecule has 129 heavy (non-hydrogen) atoms. The van der Waals surface area contributed by atoms with E-state index in [0.29, 0.717) is 118 Å². The molecule has 31 heteroatoms. The number of hydrogen-bond acceptors (Lipinski definition) is 20. The molecule has 0 spiro atoms. The number of halogens is 2. The Balaban J connectivity index is 0.000000275. The molecule has 11 rings (SSSR count). The largest absolute Gasteiger partial charge is 2.00 e. The van der Waals surface area contributed by atoms with Crippen LogP contribution in [0.15, 0.2) is 121 Å². The number of rotatable bonds is 48. The van der Waals surface area contributed by atoms with Gasteiger partial charge in [-0.05, 0) is 150 Å². The van der Waals surface area contributed by atoms with Crippen molar-refractivity contribution in [3.05, 3.63) is 178 Å². The van der Waals surface area contributed by atoms with E-state index in [0.717, 1.165) is 108 Å². The van der Waals surface area contributed by atoms with E-state index in [4.69, 9.17) is 0 Å². The third-order valence-electron chi connectivity index (χ3n) is 24.2.